The van der Waals surface area contributed by atoms with Crippen LogP contribution in [0.15, 0.2) is 0 Å². The average Bonchev–Trinajstić information content (AvgIpc) is 2.14. The van der Waals surface area contributed by atoms with Crippen molar-refractivity contribution in [2.75, 3.05) is 39.9 Å². The van der Waals surface area contributed by atoms with Gasteiger partial charge >= 0.3 is 0 Å². The summed E-state index contributed by atoms with van der Waals surface area (Å²) < 4.78 is 8.30. The van der Waals surface area contributed by atoms with E-state index in [1.54, 1.807) is 0 Å². The van der Waals surface area contributed by atoms with Gasteiger partial charge in [-0.1, -0.05) is 0 Å². The number of carbonyl (C=O) groups excluding carboxylic acids is 1. The molecule has 0 aromatic carbocycles. The van der Waals surface area contributed by atoms with Crippen molar-refractivity contribution in [3.05, 3.63) is 0 Å². The van der Waals surface area contributed by atoms with Crippen LogP contribution in [-0.4, -0.2) is 51.1 Å². The second-order valence-electron chi connectivity index (χ2n) is 2.75. The van der Waals surface area contributed by atoms with Crippen LogP contribution in [0.1, 0.15) is 6.42 Å². The molecule has 0 spiro atoms. The van der Waals surface area contributed by atoms with E-state index in [0.717, 1.165) is 39.1 Å². The summed E-state index contributed by atoms with van der Waals surface area (Å²) in [4.78, 5) is 12.1. The Morgan fingerprint density at radius 2 is 2.23 bits per heavy atom. The SMILES string of the molecule is CN(CCC=O)CCOCCNI. The highest BCUT2D eigenvalue weighted by Crippen LogP contribution is 1.85. The zero-order chi connectivity index (χ0) is 9.94. The van der Waals surface area contributed by atoms with E-state index >= 15 is 0 Å². The Labute approximate surface area is 93.5 Å². The lowest BCUT2D eigenvalue weighted by Crippen LogP contribution is -2.25. The van der Waals surface area contributed by atoms with Gasteiger partial charge in [-0.3, -0.25) is 3.53 Å². The van der Waals surface area contributed by atoms with Crippen molar-refractivity contribution >= 4 is 29.2 Å². The Morgan fingerprint density at radius 1 is 1.46 bits per heavy atom. The summed E-state index contributed by atoms with van der Waals surface area (Å²) in [5, 5.41) is 0. The van der Waals surface area contributed by atoms with E-state index in [4.69, 9.17) is 4.74 Å². The molecule has 5 heteroatoms. The van der Waals surface area contributed by atoms with Crippen molar-refractivity contribution in [3.8, 4) is 0 Å². The fourth-order valence-corrected chi connectivity index (χ4v) is 1.04. The first-order valence-corrected chi connectivity index (χ1v) is 5.42. The molecule has 78 valence electrons. The Balaban J connectivity index is 3.07. The molecule has 0 aliphatic rings. The zero-order valence-electron chi connectivity index (χ0n) is 7.96. The van der Waals surface area contributed by atoms with Crippen LogP contribution in [-0.2, 0) is 9.53 Å². The number of nitrogens with zero attached hydrogens (tertiary/aromatic N) is 1. The molecule has 0 aliphatic carbocycles. The van der Waals surface area contributed by atoms with Gasteiger partial charge in [0, 0.05) is 48.9 Å². The van der Waals surface area contributed by atoms with Crippen LogP contribution in [0.3, 0.4) is 0 Å². The number of rotatable bonds is 9. The number of halogens is 1. The topological polar surface area (TPSA) is 41.6 Å². The van der Waals surface area contributed by atoms with Crippen molar-refractivity contribution in [2.45, 2.75) is 6.42 Å². The lowest BCUT2D eigenvalue weighted by molar-refractivity contribution is -0.108. The van der Waals surface area contributed by atoms with Crippen molar-refractivity contribution in [2.24, 2.45) is 0 Å². The number of nitrogens with one attached hydrogen (secondary N) is 1. The number of ether oxygens (including phenoxy) is 1. The van der Waals surface area contributed by atoms with Crippen molar-refractivity contribution < 1.29 is 9.53 Å². The molecule has 0 radical (unpaired) electrons. The highest BCUT2D eigenvalue weighted by atomic mass is 127. The molecular formula is C8H17IN2O2. The third-order valence-corrected chi connectivity index (χ3v) is 2.13. The third kappa shape index (κ3) is 10.2. The summed E-state index contributed by atoms with van der Waals surface area (Å²) in [6.07, 6.45) is 1.54. The van der Waals surface area contributed by atoms with E-state index < -0.39 is 0 Å². The number of aldehydes is 1. The predicted molar refractivity (Wildman–Crippen MR) is 61.0 cm³/mol. The van der Waals surface area contributed by atoms with E-state index in [0.29, 0.717) is 6.42 Å². The molecule has 0 amide bonds. The van der Waals surface area contributed by atoms with Gasteiger partial charge in [0.25, 0.3) is 0 Å². The highest BCUT2D eigenvalue weighted by Gasteiger charge is 1.96. The minimum absolute atomic E-state index is 0.603. The smallest absolute Gasteiger partial charge is 0.121 e. The second kappa shape index (κ2) is 10.4. The standard InChI is InChI=1S/C8H17IN2O2/c1-11(4-2-6-12)5-8-13-7-3-10-9/h6,10H,2-5,7-8H2,1H3. The maximum Gasteiger partial charge on any atom is 0.121 e. The molecule has 0 rings (SSSR count). The fraction of sp³-hybridized carbons (Fsp3) is 0.875. The number of hydrogen-bond acceptors (Lipinski definition) is 4. The minimum Gasteiger partial charge on any atom is -0.379 e. The Kier molecular flexibility index (Phi) is 10.6. The summed E-state index contributed by atoms with van der Waals surface area (Å²) in [5.41, 5.74) is 0. The van der Waals surface area contributed by atoms with Gasteiger partial charge in [0.15, 0.2) is 0 Å². The summed E-state index contributed by atoms with van der Waals surface area (Å²) in [6, 6.07) is 0. The van der Waals surface area contributed by atoms with Crippen LogP contribution >= 0.6 is 22.9 Å². The minimum atomic E-state index is 0.603. The molecule has 0 saturated carbocycles. The van der Waals surface area contributed by atoms with Gasteiger partial charge in [-0.2, -0.15) is 0 Å². The molecule has 0 saturated heterocycles. The van der Waals surface area contributed by atoms with Gasteiger partial charge in [-0.25, -0.2) is 0 Å². The first-order valence-electron chi connectivity index (χ1n) is 4.34. The lowest BCUT2D eigenvalue weighted by atomic mass is 10.4. The van der Waals surface area contributed by atoms with Crippen molar-refractivity contribution in [1.82, 2.24) is 8.43 Å². The summed E-state index contributed by atoms with van der Waals surface area (Å²) in [7, 11) is 1.99. The summed E-state index contributed by atoms with van der Waals surface area (Å²) in [6.45, 7) is 4.04. The quantitative estimate of drug-likeness (QED) is 0.291. The number of carbonyl (C=O) groups is 1. The van der Waals surface area contributed by atoms with Crippen LogP contribution in [0.4, 0.5) is 0 Å². The lowest BCUT2D eigenvalue weighted by Gasteiger charge is -2.14. The van der Waals surface area contributed by atoms with Gasteiger partial charge in [-0.15, -0.1) is 0 Å². The molecule has 4 nitrogen and oxygen atoms in total. The van der Waals surface area contributed by atoms with E-state index in [2.05, 4.69) is 31.3 Å². The number of likely N-dealkylation sites (N-methyl/N-ethyl adjacent to an activating group) is 1. The van der Waals surface area contributed by atoms with Crippen molar-refractivity contribution in [3.63, 3.8) is 0 Å². The van der Waals surface area contributed by atoms with E-state index in [9.17, 15) is 4.79 Å². The molecule has 13 heavy (non-hydrogen) atoms. The third-order valence-electron chi connectivity index (χ3n) is 1.59. The van der Waals surface area contributed by atoms with Gasteiger partial charge < -0.3 is 14.4 Å². The largest absolute Gasteiger partial charge is 0.379 e. The molecule has 0 aromatic rings. The fourth-order valence-electron chi connectivity index (χ4n) is 0.818. The van der Waals surface area contributed by atoms with E-state index in [-0.39, 0.29) is 0 Å². The van der Waals surface area contributed by atoms with Gasteiger partial charge in [-0.05, 0) is 7.05 Å². The molecule has 0 aromatic heterocycles. The molecular weight excluding hydrogens is 283 g/mol. The maximum absolute atomic E-state index is 10.1. The van der Waals surface area contributed by atoms with E-state index in [1.807, 2.05) is 7.05 Å². The molecule has 0 fully saturated rings. The maximum atomic E-state index is 10.1. The summed E-state index contributed by atoms with van der Waals surface area (Å²) in [5.74, 6) is 0. The molecule has 0 bridgehead atoms. The van der Waals surface area contributed by atoms with Crippen LogP contribution < -0.4 is 3.53 Å². The van der Waals surface area contributed by atoms with Crippen LogP contribution in [0.5, 0.6) is 0 Å². The Bertz CT molecular complexity index is 125. The predicted octanol–water partition coefficient (Wildman–Crippen LogP) is 0.463. The highest BCUT2D eigenvalue weighted by molar-refractivity contribution is 14.1. The van der Waals surface area contributed by atoms with E-state index in [1.165, 1.54) is 0 Å². The van der Waals surface area contributed by atoms with Crippen LogP contribution in [0.2, 0.25) is 0 Å². The first kappa shape index (κ1) is 13.3. The number of hydrogen-bond donors (Lipinski definition) is 1. The Morgan fingerprint density at radius 3 is 2.85 bits per heavy atom. The van der Waals surface area contributed by atoms with Crippen LogP contribution in [0, 0.1) is 0 Å². The normalized spacial score (nSPS) is 10.7. The molecule has 0 atom stereocenters. The van der Waals surface area contributed by atoms with Gasteiger partial charge in [0.1, 0.15) is 6.29 Å². The average molecular weight is 300 g/mol. The molecule has 0 aliphatic heterocycles. The molecule has 0 heterocycles. The van der Waals surface area contributed by atoms with Crippen molar-refractivity contribution in [1.29, 1.82) is 0 Å². The first-order chi connectivity index (χ1) is 6.31. The molecule has 1 N–H and O–H groups in total. The Hall–Kier alpha value is 0.280. The molecule has 0 unspecified atom stereocenters. The van der Waals surface area contributed by atoms with Gasteiger partial charge in [0.05, 0.1) is 13.2 Å². The monoisotopic (exact) mass is 300 g/mol. The van der Waals surface area contributed by atoms with Gasteiger partial charge in [0.2, 0.25) is 0 Å². The van der Waals surface area contributed by atoms with Crippen LogP contribution in [0.25, 0.3) is 0 Å². The summed E-state index contributed by atoms with van der Waals surface area (Å²) >= 11 is 2.09. The second-order valence-corrected chi connectivity index (χ2v) is 3.52. The zero-order valence-corrected chi connectivity index (χ0v) is 10.1.